The van der Waals surface area contributed by atoms with Gasteiger partial charge in [0.1, 0.15) is 5.75 Å². The molecular weight excluding hydrogens is 356 g/mol. The van der Waals surface area contributed by atoms with Crippen LogP contribution >= 0.6 is 0 Å². The molecule has 1 saturated heterocycles. The van der Waals surface area contributed by atoms with Gasteiger partial charge in [-0.05, 0) is 43.2 Å². The summed E-state index contributed by atoms with van der Waals surface area (Å²) in [6, 6.07) is 5.14. The van der Waals surface area contributed by atoms with Gasteiger partial charge >= 0.3 is 6.09 Å². The summed E-state index contributed by atoms with van der Waals surface area (Å²) in [5.74, 6) is 1.90. The molecule has 2 unspecified atom stereocenters. The summed E-state index contributed by atoms with van der Waals surface area (Å²) in [7, 11) is 1.54. The number of hydrogen-bond donors (Lipinski definition) is 1. The van der Waals surface area contributed by atoms with Crippen LogP contribution in [0.5, 0.6) is 5.75 Å². The van der Waals surface area contributed by atoms with Gasteiger partial charge in [-0.1, -0.05) is 32.6 Å². The quantitative estimate of drug-likeness (QED) is 0.718. The van der Waals surface area contributed by atoms with E-state index in [0.29, 0.717) is 29.5 Å². The van der Waals surface area contributed by atoms with E-state index in [9.17, 15) is 9.59 Å². The number of carbonyl (C=O) groups excluding carboxylic acids is 2. The number of anilines is 1. The van der Waals surface area contributed by atoms with Crippen molar-refractivity contribution in [2.45, 2.75) is 51.9 Å². The van der Waals surface area contributed by atoms with E-state index in [-0.39, 0.29) is 5.91 Å². The van der Waals surface area contributed by atoms with Crippen LogP contribution in [0.15, 0.2) is 18.2 Å². The van der Waals surface area contributed by atoms with Crippen molar-refractivity contribution in [1.29, 1.82) is 0 Å². The second-order valence-electron chi connectivity index (χ2n) is 7.87. The van der Waals surface area contributed by atoms with Crippen molar-refractivity contribution >= 4 is 17.7 Å². The maximum atomic E-state index is 13.1. The van der Waals surface area contributed by atoms with E-state index in [1.54, 1.807) is 25.3 Å². The number of piperidine rings is 1. The summed E-state index contributed by atoms with van der Waals surface area (Å²) < 4.78 is 10.6. The summed E-state index contributed by atoms with van der Waals surface area (Å²) in [5, 5.41) is 2.69. The molecule has 6 heteroatoms. The highest BCUT2D eigenvalue weighted by molar-refractivity contribution is 5.98. The molecule has 3 rings (SSSR count). The minimum atomic E-state index is -0.492. The Bertz CT molecular complexity index is 691. The predicted molar refractivity (Wildman–Crippen MR) is 109 cm³/mol. The van der Waals surface area contributed by atoms with Gasteiger partial charge in [-0.25, -0.2) is 4.79 Å². The Morgan fingerprint density at radius 1 is 1.18 bits per heavy atom. The number of amides is 2. The molecule has 1 saturated carbocycles. The van der Waals surface area contributed by atoms with Gasteiger partial charge < -0.3 is 14.4 Å². The van der Waals surface area contributed by atoms with Gasteiger partial charge in [0.15, 0.2) is 0 Å². The number of fused-ring (bicyclic) bond motifs is 1. The zero-order valence-corrected chi connectivity index (χ0v) is 17.0. The van der Waals surface area contributed by atoms with Crippen LogP contribution in [-0.2, 0) is 4.74 Å². The summed E-state index contributed by atoms with van der Waals surface area (Å²) in [6.45, 7) is 4.09. The minimum absolute atomic E-state index is 0.0120. The lowest BCUT2D eigenvalue weighted by molar-refractivity contribution is 0.0518. The zero-order valence-electron chi connectivity index (χ0n) is 17.0. The number of hydrogen-bond acceptors (Lipinski definition) is 4. The molecule has 1 heterocycles. The fourth-order valence-electron chi connectivity index (χ4n) is 4.36. The van der Waals surface area contributed by atoms with Crippen molar-refractivity contribution in [2.24, 2.45) is 11.8 Å². The number of rotatable bonds is 6. The van der Waals surface area contributed by atoms with E-state index in [4.69, 9.17) is 9.47 Å². The molecule has 1 aliphatic heterocycles. The molecule has 154 valence electrons. The molecule has 2 amide bonds. The Morgan fingerprint density at radius 3 is 2.71 bits per heavy atom. The molecule has 0 spiro atoms. The van der Waals surface area contributed by atoms with Crippen LogP contribution in [0.3, 0.4) is 0 Å². The first-order valence-corrected chi connectivity index (χ1v) is 10.5. The third-order valence-corrected chi connectivity index (χ3v) is 5.99. The van der Waals surface area contributed by atoms with Gasteiger partial charge in [0.2, 0.25) is 0 Å². The average molecular weight is 389 g/mol. The van der Waals surface area contributed by atoms with Crippen molar-refractivity contribution in [3.63, 3.8) is 0 Å². The van der Waals surface area contributed by atoms with Gasteiger partial charge in [0.25, 0.3) is 5.91 Å². The molecule has 6 nitrogen and oxygen atoms in total. The van der Waals surface area contributed by atoms with Crippen molar-refractivity contribution in [3.05, 3.63) is 23.8 Å². The highest BCUT2D eigenvalue weighted by Crippen LogP contribution is 2.37. The molecule has 1 N–H and O–H groups in total. The first-order chi connectivity index (χ1) is 13.6. The molecule has 0 aromatic heterocycles. The Hall–Kier alpha value is -2.24. The van der Waals surface area contributed by atoms with E-state index in [0.717, 1.165) is 38.3 Å². The van der Waals surface area contributed by atoms with E-state index in [2.05, 4.69) is 5.32 Å². The van der Waals surface area contributed by atoms with E-state index in [1.807, 2.05) is 11.8 Å². The molecule has 1 aromatic rings. The third kappa shape index (κ3) is 4.97. The molecule has 2 fully saturated rings. The second kappa shape index (κ2) is 9.80. The van der Waals surface area contributed by atoms with Crippen LogP contribution in [0, 0.1) is 11.8 Å². The fraction of sp³-hybridized carbons (Fsp3) is 0.636. The summed E-state index contributed by atoms with van der Waals surface area (Å²) in [6.07, 6.45) is 7.56. The topological polar surface area (TPSA) is 67.9 Å². The van der Waals surface area contributed by atoms with E-state index in [1.165, 1.54) is 25.7 Å². The zero-order chi connectivity index (χ0) is 19.9. The number of unbranched alkanes of at least 4 members (excludes halogenated alkanes) is 1. The number of methoxy groups -OCH3 is 1. The van der Waals surface area contributed by atoms with Gasteiger partial charge in [0, 0.05) is 24.8 Å². The van der Waals surface area contributed by atoms with Crippen LogP contribution in [0.4, 0.5) is 10.5 Å². The monoisotopic (exact) mass is 388 g/mol. The minimum Gasteiger partial charge on any atom is -0.496 e. The number of ether oxygens (including phenoxy) is 2. The highest BCUT2D eigenvalue weighted by Gasteiger charge is 2.33. The number of nitrogens with zero attached hydrogens (tertiary/aromatic N) is 1. The maximum absolute atomic E-state index is 13.1. The lowest BCUT2D eigenvalue weighted by atomic mass is 9.75. The molecule has 0 bridgehead atoms. The Balaban J connectivity index is 1.64. The fourth-order valence-corrected chi connectivity index (χ4v) is 4.36. The highest BCUT2D eigenvalue weighted by atomic mass is 16.5. The number of nitrogens with one attached hydrogen (secondary N) is 1. The Morgan fingerprint density at radius 2 is 1.96 bits per heavy atom. The van der Waals surface area contributed by atoms with Crippen molar-refractivity contribution < 1.29 is 19.1 Å². The first kappa shape index (κ1) is 20.5. The SMILES string of the molecule is CCCCOC(=O)Nc1ccc(C(=O)N2CCC3CCCCC3C2)c(OC)c1. The van der Waals surface area contributed by atoms with Crippen molar-refractivity contribution in [3.8, 4) is 5.75 Å². The Labute approximate surface area is 167 Å². The van der Waals surface area contributed by atoms with Gasteiger partial charge in [0.05, 0.1) is 19.3 Å². The average Bonchev–Trinajstić information content (AvgIpc) is 2.73. The van der Waals surface area contributed by atoms with Crippen molar-refractivity contribution in [2.75, 3.05) is 32.1 Å². The number of benzene rings is 1. The van der Waals surface area contributed by atoms with Gasteiger partial charge in [-0.3, -0.25) is 10.1 Å². The van der Waals surface area contributed by atoms with Crippen molar-refractivity contribution in [1.82, 2.24) is 4.90 Å². The summed E-state index contributed by atoms with van der Waals surface area (Å²) in [4.78, 5) is 26.9. The molecule has 2 aliphatic rings. The van der Waals surface area contributed by atoms with E-state index < -0.39 is 6.09 Å². The van der Waals surface area contributed by atoms with Gasteiger partial charge in [-0.2, -0.15) is 0 Å². The predicted octanol–water partition coefficient (Wildman–Crippen LogP) is 4.70. The smallest absolute Gasteiger partial charge is 0.411 e. The normalized spacial score (nSPS) is 21.6. The lowest BCUT2D eigenvalue weighted by Gasteiger charge is -2.41. The van der Waals surface area contributed by atoms with Crippen LogP contribution in [0.1, 0.15) is 62.2 Å². The number of carbonyl (C=O) groups is 2. The molecule has 28 heavy (non-hydrogen) atoms. The maximum Gasteiger partial charge on any atom is 0.411 e. The molecule has 1 aromatic carbocycles. The Kier molecular flexibility index (Phi) is 7.18. The van der Waals surface area contributed by atoms with Crippen LogP contribution in [0.25, 0.3) is 0 Å². The van der Waals surface area contributed by atoms with E-state index >= 15 is 0 Å². The molecular formula is C22H32N2O4. The third-order valence-electron chi connectivity index (χ3n) is 5.99. The second-order valence-corrected chi connectivity index (χ2v) is 7.87. The van der Waals surface area contributed by atoms with Crippen LogP contribution in [-0.4, -0.2) is 43.7 Å². The molecule has 0 radical (unpaired) electrons. The van der Waals surface area contributed by atoms with Crippen LogP contribution < -0.4 is 10.1 Å². The van der Waals surface area contributed by atoms with Crippen LogP contribution in [0.2, 0.25) is 0 Å². The standard InChI is InChI=1S/C22H32N2O4/c1-3-4-13-28-22(26)23-18-9-10-19(20(14-18)27-2)21(25)24-12-11-16-7-5-6-8-17(16)15-24/h9-10,14,16-17H,3-8,11-13,15H2,1-2H3,(H,23,26). The molecule has 1 aliphatic carbocycles. The summed E-state index contributed by atoms with van der Waals surface area (Å²) in [5.41, 5.74) is 1.10. The lowest BCUT2D eigenvalue weighted by Crippen LogP contribution is -2.44. The summed E-state index contributed by atoms with van der Waals surface area (Å²) >= 11 is 0. The molecule has 2 atom stereocenters. The van der Waals surface area contributed by atoms with Gasteiger partial charge in [-0.15, -0.1) is 0 Å². The number of likely N-dealkylation sites (tertiary alicyclic amines) is 1. The largest absolute Gasteiger partial charge is 0.496 e. The first-order valence-electron chi connectivity index (χ1n) is 10.5.